The molecule has 1 N–H and O–H groups in total. The predicted octanol–water partition coefficient (Wildman–Crippen LogP) is 4.26. The predicted molar refractivity (Wildman–Crippen MR) is 80.7 cm³/mol. The minimum absolute atomic E-state index is 0.0999. The number of rotatable bonds is 5. The van der Waals surface area contributed by atoms with E-state index in [0.717, 1.165) is 11.0 Å². The van der Waals surface area contributed by atoms with Crippen LogP contribution in [0.4, 0.5) is 0 Å². The fourth-order valence-electron chi connectivity index (χ4n) is 1.43. The Hall–Kier alpha value is -0.380. The zero-order chi connectivity index (χ0) is 13.8. The highest BCUT2D eigenvalue weighted by Gasteiger charge is 2.11. The molecule has 0 heterocycles. The molecular formula is C15H24BrNO. The Balaban J connectivity index is 2.62. The lowest BCUT2D eigenvalue weighted by atomic mass is 10.1. The maximum atomic E-state index is 5.79. The summed E-state index contributed by atoms with van der Waals surface area (Å²) in [4.78, 5) is 0. The van der Waals surface area contributed by atoms with Crippen LogP contribution in [0.3, 0.4) is 0 Å². The van der Waals surface area contributed by atoms with Crippen molar-refractivity contribution in [3.05, 3.63) is 33.8 Å². The first kappa shape index (κ1) is 15.7. The first-order valence-electron chi connectivity index (χ1n) is 6.42. The summed E-state index contributed by atoms with van der Waals surface area (Å²) in [7, 11) is 0. The third-order valence-electron chi connectivity index (χ3n) is 2.49. The number of benzene rings is 1. The van der Waals surface area contributed by atoms with Crippen LogP contribution in [-0.4, -0.2) is 11.6 Å². The van der Waals surface area contributed by atoms with Gasteiger partial charge in [-0.05, 0) is 38.0 Å². The number of hydrogen-bond acceptors (Lipinski definition) is 2. The second-order valence-electron chi connectivity index (χ2n) is 5.86. The molecule has 0 bridgehead atoms. The van der Waals surface area contributed by atoms with E-state index in [-0.39, 0.29) is 5.60 Å². The van der Waals surface area contributed by atoms with Crippen LogP contribution in [0.15, 0.2) is 22.7 Å². The van der Waals surface area contributed by atoms with Crippen molar-refractivity contribution in [1.82, 2.24) is 5.32 Å². The average molecular weight is 314 g/mol. The molecular weight excluding hydrogens is 290 g/mol. The summed E-state index contributed by atoms with van der Waals surface area (Å²) in [6.45, 7) is 12.1. The summed E-state index contributed by atoms with van der Waals surface area (Å²) in [6, 6.07) is 6.96. The highest BCUT2D eigenvalue weighted by Crippen LogP contribution is 2.21. The van der Waals surface area contributed by atoms with E-state index in [1.807, 2.05) is 0 Å². The zero-order valence-corrected chi connectivity index (χ0v) is 13.6. The summed E-state index contributed by atoms with van der Waals surface area (Å²) < 4.78 is 6.91. The molecule has 0 atom stereocenters. The van der Waals surface area contributed by atoms with Crippen LogP contribution in [-0.2, 0) is 17.9 Å². The first-order chi connectivity index (χ1) is 8.28. The number of halogens is 1. The average Bonchev–Trinajstić information content (AvgIpc) is 2.23. The van der Waals surface area contributed by atoms with Crippen LogP contribution in [0.25, 0.3) is 0 Å². The third kappa shape index (κ3) is 5.98. The quantitative estimate of drug-likeness (QED) is 0.877. The molecule has 0 saturated carbocycles. The lowest BCUT2D eigenvalue weighted by Gasteiger charge is -2.20. The molecule has 1 aromatic carbocycles. The molecule has 0 fully saturated rings. The summed E-state index contributed by atoms with van der Waals surface area (Å²) in [5.74, 6) is 0. The van der Waals surface area contributed by atoms with Gasteiger partial charge in [0.05, 0.1) is 12.2 Å². The van der Waals surface area contributed by atoms with Crippen molar-refractivity contribution in [2.45, 2.75) is 59.4 Å². The van der Waals surface area contributed by atoms with Gasteiger partial charge in [0, 0.05) is 17.1 Å². The van der Waals surface area contributed by atoms with Gasteiger partial charge in [-0.3, -0.25) is 0 Å². The van der Waals surface area contributed by atoms with Crippen LogP contribution in [0.5, 0.6) is 0 Å². The van der Waals surface area contributed by atoms with E-state index in [1.54, 1.807) is 0 Å². The summed E-state index contributed by atoms with van der Waals surface area (Å²) in [5.41, 5.74) is 2.38. The van der Waals surface area contributed by atoms with Gasteiger partial charge >= 0.3 is 0 Å². The minimum Gasteiger partial charge on any atom is -0.371 e. The SMILES string of the molecule is CC(C)NCc1ccc(COC(C)(C)C)c(Br)c1. The highest BCUT2D eigenvalue weighted by molar-refractivity contribution is 9.10. The van der Waals surface area contributed by atoms with Crippen molar-refractivity contribution in [2.24, 2.45) is 0 Å². The van der Waals surface area contributed by atoms with E-state index in [9.17, 15) is 0 Å². The summed E-state index contributed by atoms with van der Waals surface area (Å²) >= 11 is 3.61. The van der Waals surface area contributed by atoms with Crippen molar-refractivity contribution in [1.29, 1.82) is 0 Å². The van der Waals surface area contributed by atoms with Crippen molar-refractivity contribution >= 4 is 15.9 Å². The van der Waals surface area contributed by atoms with Crippen molar-refractivity contribution in [3.8, 4) is 0 Å². The van der Waals surface area contributed by atoms with E-state index >= 15 is 0 Å². The minimum atomic E-state index is -0.0999. The van der Waals surface area contributed by atoms with E-state index in [4.69, 9.17) is 4.74 Å². The molecule has 102 valence electrons. The van der Waals surface area contributed by atoms with E-state index < -0.39 is 0 Å². The monoisotopic (exact) mass is 313 g/mol. The van der Waals surface area contributed by atoms with E-state index in [1.165, 1.54) is 11.1 Å². The second-order valence-corrected chi connectivity index (χ2v) is 6.72. The standard InChI is InChI=1S/C15H24BrNO/c1-11(2)17-9-12-6-7-13(14(16)8-12)10-18-15(3,4)5/h6-8,11,17H,9-10H2,1-5H3. The number of hydrogen-bond donors (Lipinski definition) is 1. The van der Waals surface area contributed by atoms with Gasteiger partial charge < -0.3 is 10.1 Å². The van der Waals surface area contributed by atoms with Gasteiger partial charge in [0.15, 0.2) is 0 Å². The largest absolute Gasteiger partial charge is 0.371 e. The second kappa shape index (κ2) is 6.69. The molecule has 1 aromatic rings. The molecule has 0 aliphatic rings. The van der Waals surface area contributed by atoms with E-state index in [2.05, 4.69) is 74.1 Å². The zero-order valence-electron chi connectivity index (χ0n) is 12.0. The van der Waals surface area contributed by atoms with Crippen molar-refractivity contribution in [3.63, 3.8) is 0 Å². The Morgan fingerprint density at radius 3 is 2.44 bits per heavy atom. The molecule has 0 amide bonds. The Kier molecular flexibility index (Phi) is 5.83. The van der Waals surface area contributed by atoms with Gasteiger partial charge in [-0.1, -0.05) is 41.9 Å². The maximum absolute atomic E-state index is 5.79. The molecule has 3 heteroatoms. The molecule has 0 aromatic heterocycles. The Bertz CT molecular complexity index is 383. The summed E-state index contributed by atoms with van der Waals surface area (Å²) in [5, 5.41) is 3.41. The highest BCUT2D eigenvalue weighted by atomic mass is 79.9. The van der Waals surface area contributed by atoms with Crippen molar-refractivity contribution < 1.29 is 4.74 Å². The molecule has 0 unspecified atom stereocenters. The maximum Gasteiger partial charge on any atom is 0.0734 e. The Morgan fingerprint density at radius 1 is 1.28 bits per heavy atom. The topological polar surface area (TPSA) is 21.3 Å². The number of nitrogens with one attached hydrogen (secondary N) is 1. The molecule has 1 rings (SSSR count). The van der Waals surface area contributed by atoms with Crippen LogP contribution in [0.1, 0.15) is 45.7 Å². The van der Waals surface area contributed by atoms with Crippen molar-refractivity contribution in [2.75, 3.05) is 0 Å². The number of ether oxygens (including phenoxy) is 1. The lowest BCUT2D eigenvalue weighted by Crippen LogP contribution is -2.22. The molecule has 0 aliphatic heterocycles. The third-order valence-corrected chi connectivity index (χ3v) is 3.23. The fraction of sp³-hybridized carbons (Fsp3) is 0.600. The molecule has 18 heavy (non-hydrogen) atoms. The van der Waals surface area contributed by atoms with Crippen LogP contribution in [0, 0.1) is 0 Å². The Morgan fingerprint density at radius 2 is 1.94 bits per heavy atom. The summed E-state index contributed by atoms with van der Waals surface area (Å²) in [6.07, 6.45) is 0. The lowest BCUT2D eigenvalue weighted by molar-refractivity contribution is -0.0152. The van der Waals surface area contributed by atoms with Crippen LogP contribution in [0.2, 0.25) is 0 Å². The van der Waals surface area contributed by atoms with Gasteiger partial charge in [0.1, 0.15) is 0 Å². The van der Waals surface area contributed by atoms with Crippen LogP contribution < -0.4 is 5.32 Å². The van der Waals surface area contributed by atoms with Gasteiger partial charge in [0.2, 0.25) is 0 Å². The molecule has 0 radical (unpaired) electrons. The smallest absolute Gasteiger partial charge is 0.0734 e. The van der Waals surface area contributed by atoms with Gasteiger partial charge in [-0.25, -0.2) is 0 Å². The fourth-order valence-corrected chi connectivity index (χ4v) is 1.97. The first-order valence-corrected chi connectivity index (χ1v) is 7.22. The normalized spacial score (nSPS) is 12.2. The van der Waals surface area contributed by atoms with Gasteiger partial charge in [-0.2, -0.15) is 0 Å². The molecule has 0 saturated heterocycles. The molecule has 0 aliphatic carbocycles. The van der Waals surface area contributed by atoms with E-state index in [0.29, 0.717) is 12.6 Å². The molecule has 0 spiro atoms. The Labute approximate surface area is 119 Å². The van der Waals surface area contributed by atoms with Gasteiger partial charge in [0.25, 0.3) is 0 Å². The van der Waals surface area contributed by atoms with Crippen LogP contribution >= 0.6 is 15.9 Å². The molecule has 2 nitrogen and oxygen atoms in total. The van der Waals surface area contributed by atoms with Gasteiger partial charge in [-0.15, -0.1) is 0 Å².